The number of carbonyl (C=O) groups is 3. The number of benzene rings is 1. The smallest absolute Gasteiger partial charge is 0.326 e. The van der Waals surface area contributed by atoms with E-state index in [2.05, 4.69) is 10.6 Å². The molecule has 2 atom stereocenters. The molecule has 0 spiro atoms. The molecule has 6 nitrogen and oxygen atoms in total. The summed E-state index contributed by atoms with van der Waals surface area (Å²) in [6.07, 6.45) is 0. The summed E-state index contributed by atoms with van der Waals surface area (Å²) in [7, 11) is 0. The summed E-state index contributed by atoms with van der Waals surface area (Å²) in [6.45, 7) is 5.00. The third-order valence-electron chi connectivity index (χ3n) is 3.19. The molecule has 8 heteroatoms. The molecule has 0 heterocycles. The number of carbonyl (C=O) groups excluding carboxylic acids is 2. The number of carboxylic acids is 1. The molecule has 3 N–H and O–H groups in total. The van der Waals surface area contributed by atoms with E-state index in [1.54, 1.807) is 20.8 Å². The molecule has 0 bridgehead atoms. The SMILES string of the molecule is CC(SCC(=O)Nc1ccc(F)cc1)C(=O)N[C@H](C(=O)O)C(C)C. The van der Waals surface area contributed by atoms with Crippen LogP contribution in [0.4, 0.5) is 10.1 Å². The van der Waals surface area contributed by atoms with Crippen molar-refractivity contribution in [3.05, 3.63) is 30.1 Å². The molecule has 132 valence electrons. The van der Waals surface area contributed by atoms with Gasteiger partial charge in [-0.1, -0.05) is 13.8 Å². The van der Waals surface area contributed by atoms with E-state index in [0.29, 0.717) is 5.69 Å². The molecular formula is C16H21FN2O4S. The number of carboxylic acid groups (broad SMARTS) is 1. The van der Waals surface area contributed by atoms with Crippen molar-refractivity contribution in [3.63, 3.8) is 0 Å². The lowest BCUT2D eigenvalue weighted by Gasteiger charge is -2.20. The summed E-state index contributed by atoms with van der Waals surface area (Å²) in [6, 6.07) is 4.38. The molecule has 1 aromatic carbocycles. The van der Waals surface area contributed by atoms with Gasteiger partial charge < -0.3 is 15.7 Å². The molecule has 0 aliphatic carbocycles. The zero-order valence-corrected chi connectivity index (χ0v) is 14.5. The highest BCUT2D eigenvalue weighted by molar-refractivity contribution is 8.01. The molecule has 1 aromatic rings. The van der Waals surface area contributed by atoms with Gasteiger partial charge in [-0.15, -0.1) is 11.8 Å². The van der Waals surface area contributed by atoms with Crippen molar-refractivity contribution in [3.8, 4) is 0 Å². The Morgan fingerprint density at radius 2 is 1.75 bits per heavy atom. The van der Waals surface area contributed by atoms with Gasteiger partial charge >= 0.3 is 5.97 Å². The van der Waals surface area contributed by atoms with Crippen LogP contribution in [0.15, 0.2) is 24.3 Å². The maximum atomic E-state index is 12.8. The van der Waals surface area contributed by atoms with Gasteiger partial charge in [-0.3, -0.25) is 9.59 Å². The van der Waals surface area contributed by atoms with E-state index in [1.807, 2.05) is 0 Å². The molecule has 0 radical (unpaired) electrons. The summed E-state index contributed by atoms with van der Waals surface area (Å²) in [5.41, 5.74) is 0.463. The minimum absolute atomic E-state index is 0.0192. The Bertz CT molecular complexity index is 592. The first-order valence-electron chi connectivity index (χ1n) is 7.41. The van der Waals surface area contributed by atoms with Gasteiger partial charge in [0.25, 0.3) is 0 Å². The lowest BCUT2D eigenvalue weighted by Crippen LogP contribution is -2.47. The zero-order chi connectivity index (χ0) is 18.3. The van der Waals surface area contributed by atoms with Crippen molar-refractivity contribution in [2.45, 2.75) is 32.1 Å². The van der Waals surface area contributed by atoms with Crippen LogP contribution < -0.4 is 10.6 Å². The number of hydrogen-bond acceptors (Lipinski definition) is 4. The van der Waals surface area contributed by atoms with E-state index in [9.17, 15) is 18.8 Å². The summed E-state index contributed by atoms with van der Waals surface area (Å²) in [5.74, 6) is -2.48. The van der Waals surface area contributed by atoms with Crippen LogP contribution in [0.1, 0.15) is 20.8 Å². The standard InChI is InChI=1S/C16H21FN2O4S/c1-9(2)14(16(22)23)19-15(21)10(3)24-8-13(20)18-12-6-4-11(17)5-7-12/h4-7,9-10,14H,8H2,1-3H3,(H,18,20)(H,19,21)(H,22,23)/t10?,14-/m0/s1. The minimum atomic E-state index is -1.09. The van der Waals surface area contributed by atoms with E-state index in [1.165, 1.54) is 24.3 Å². The first kappa shape index (κ1) is 20.0. The second-order valence-electron chi connectivity index (χ2n) is 5.58. The van der Waals surface area contributed by atoms with Crippen LogP contribution in [0.3, 0.4) is 0 Å². The van der Waals surface area contributed by atoms with Gasteiger partial charge in [0.2, 0.25) is 11.8 Å². The number of amides is 2. The van der Waals surface area contributed by atoms with Crippen LogP contribution in [0, 0.1) is 11.7 Å². The Morgan fingerprint density at radius 3 is 2.25 bits per heavy atom. The highest BCUT2D eigenvalue weighted by Crippen LogP contribution is 2.14. The van der Waals surface area contributed by atoms with Gasteiger partial charge in [0.1, 0.15) is 11.9 Å². The van der Waals surface area contributed by atoms with E-state index in [0.717, 1.165) is 11.8 Å². The quantitative estimate of drug-likeness (QED) is 0.663. The van der Waals surface area contributed by atoms with Crippen LogP contribution in [-0.4, -0.2) is 39.9 Å². The number of halogens is 1. The number of hydrogen-bond donors (Lipinski definition) is 3. The highest BCUT2D eigenvalue weighted by Gasteiger charge is 2.26. The Kier molecular flexibility index (Phi) is 7.70. The van der Waals surface area contributed by atoms with Gasteiger partial charge in [0.15, 0.2) is 0 Å². The molecule has 1 rings (SSSR count). The second kappa shape index (κ2) is 9.27. The summed E-state index contributed by atoms with van der Waals surface area (Å²) in [5, 5.41) is 13.5. The summed E-state index contributed by atoms with van der Waals surface area (Å²) >= 11 is 1.09. The number of anilines is 1. The molecular weight excluding hydrogens is 335 g/mol. The van der Waals surface area contributed by atoms with Crippen molar-refractivity contribution in [2.24, 2.45) is 5.92 Å². The summed E-state index contributed by atoms with van der Waals surface area (Å²) in [4.78, 5) is 34.9. The third-order valence-corrected chi connectivity index (χ3v) is 4.34. The number of rotatable bonds is 8. The topological polar surface area (TPSA) is 95.5 Å². The van der Waals surface area contributed by atoms with Gasteiger partial charge in [0, 0.05) is 5.69 Å². The maximum absolute atomic E-state index is 12.8. The lowest BCUT2D eigenvalue weighted by atomic mass is 10.0. The summed E-state index contributed by atoms with van der Waals surface area (Å²) < 4.78 is 12.8. The monoisotopic (exact) mass is 356 g/mol. The first-order chi connectivity index (χ1) is 11.2. The van der Waals surface area contributed by atoms with Crippen molar-refractivity contribution < 1.29 is 23.9 Å². The van der Waals surface area contributed by atoms with Gasteiger partial charge in [-0.05, 0) is 37.1 Å². The van der Waals surface area contributed by atoms with Crippen LogP contribution in [0.25, 0.3) is 0 Å². The van der Waals surface area contributed by atoms with Crippen molar-refractivity contribution in [1.29, 1.82) is 0 Å². The molecule has 0 saturated heterocycles. The van der Waals surface area contributed by atoms with Gasteiger partial charge in [0.05, 0.1) is 11.0 Å². The van der Waals surface area contributed by atoms with Crippen molar-refractivity contribution >= 4 is 35.2 Å². The first-order valence-corrected chi connectivity index (χ1v) is 8.45. The molecule has 0 aromatic heterocycles. The fraction of sp³-hybridized carbons (Fsp3) is 0.438. The van der Waals surface area contributed by atoms with Gasteiger partial charge in [-0.2, -0.15) is 0 Å². The molecule has 0 aliphatic rings. The predicted molar refractivity (Wildman–Crippen MR) is 91.4 cm³/mol. The van der Waals surface area contributed by atoms with E-state index in [-0.39, 0.29) is 17.6 Å². The maximum Gasteiger partial charge on any atom is 0.326 e. The van der Waals surface area contributed by atoms with E-state index in [4.69, 9.17) is 5.11 Å². The largest absolute Gasteiger partial charge is 0.480 e. The zero-order valence-electron chi connectivity index (χ0n) is 13.7. The fourth-order valence-corrected chi connectivity index (χ4v) is 2.48. The Labute approximate surface area is 144 Å². The van der Waals surface area contributed by atoms with Crippen molar-refractivity contribution in [1.82, 2.24) is 5.32 Å². The average molecular weight is 356 g/mol. The van der Waals surface area contributed by atoms with Gasteiger partial charge in [-0.25, -0.2) is 9.18 Å². The molecule has 24 heavy (non-hydrogen) atoms. The Hall–Kier alpha value is -2.09. The molecule has 0 aliphatic heterocycles. The third kappa shape index (κ3) is 6.57. The van der Waals surface area contributed by atoms with Crippen LogP contribution >= 0.6 is 11.8 Å². The molecule has 1 unspecified atom stereocenters. The number of nitrogens with one attached hydrogen (secondary N) is 2. The van der Waals surface area contributed by atoms with E-state index >= 15 is 0 Å². The minimum Gasteiger partial charge on any atom is -0.480 e. The number of thioether (sulfide) groups is 1. The Morgan fingerprint density at radius 1 is 1.17 bits per heavy atom. The lowest BCUT2D eigenvalue weighted by molar-refractivity contribution is -0.143. The number of aliphatic carboxylic acids is 1. The van der Waals surface area contributed by atoms with E-state index < -0.39 is 29.0 Å². The highest BCUT2D eigenvalue weighted by atomic mass is 32.2. The molecule has 0 fully saturated rings. The fourth-order valence-electron chi connectivity index (χ4n) is 1.79. The molecule has 0 saturated carbocycles. The van der Waals surface area contributed by atoms with Crippen LogP contribution in [0.2, 0.25) is 0 Å². The average Bonchev–Trinajstić information content (AvgIpc) is 2.51. The predicted octanol–water partition coefficient (Wildman–Crippen LogP) is 2.11. The normalized spacial score (nSPS) is 13.2. The van der Waals surface area contributed by atoms with Crippen LogP contribution in [-0.2, 0) is 14.4 Å². The Balaban J connectivity index is 2.45. The van der Waals surface area contributed by atoms with Crippen molar-refractivity contribution in [2.75, 3.05) is 11.1 Å². The van der Waals surface area contributed by atoms with Crippen LogP contribution in [0.5, 0.6) is 0 Å². The second-order valence-corrected chi connectivity index (χ2v) is 6.91. The molecule has 2 amide bonds.